The lowest BCUT2D eigenvalue weighted by molar-refractivity contribution is -0.123. The Labute approximate surface area is 221 Å². The molecule has 0 radical (unpaired) electrons. The molecule has 36 heavy (non-hydrogen) atoms. The number of carbonyl (C=O) groups is 3. The minimum atomic E-state index is -0.858. The third-order valence-electron chi connectivity index (χ3n) is 7.26. The first kappa shape index (κ1) is 23.0. The molecule has 3 heterocycles. The van der Waals surface area contributed by atoms with Crippen LogP contribution in [0.1, 0.15) is 27.5 Å². The SMILES string of the molecule is COc1ccc(C(=O)C2C3C(=O)N(c4ccccc4Cl)C(=O)C3C3c4ccccc4C=CN23)cc1Br. The molecule has 180 valence electrons. The summed E-state index contributed by atoms with van der Waals surface area (Å²) in [5, 5.41) is 0.307. The number of rotatable bonds is 4. The van der Waals surface area contributed by atoms with Crippen LogP contribution >= 0.6 is 27.5 Å². The van der Waals surface area contributed by atoms with E-state index in [1.165, 1.54) is 4.90 Å². The summed E-state index contributed by atoms with van der Waals surface area (Å²) in [6, 6.07) is 18.3. The van der Waals surface area contributed by atoms with E-state index >= 15 is 0 Å². The molecule has 2 fully saturated rings. The van der Waals surface area contributed by atoms with Gasteiger partial charge in [0.25, 0.3) is 0 Å². The molecule has 3 aromatic rings. The van der Waals surface area contributed by atoms with E-state index < -0.39 is 29.8 Å². The number of nitrogens with zero attached hydrogens (tertiary/aromatic N) is 2. The lowest BCUT2D eigenvalue weighted by Gasteiger charge is -2.35. The molecule has 3 aromatic carbocycles. The summed E-state index contributed by atoms with van der Waals surface area (Å²) in [7, 11) is 1.55. The topological polar surface area (TPSA) is 66.9 Å². The van der Waals surface area contributed by atoms with Gasteiger partial charge in [-0.2, -0.15) is 0 Å². The highest BCUT2D eigenvalue weighted by atomic mass is 79.9. The average molecular weight is 564 g/mol. The van der Waals surface area contributed by atoms with Gasteiger partial charge in [-0.05, 0) is 63.5 Å². The van der Waals surface area contributed by atoms with Gasteiger partial charge >= 0.3 is 0 Å². The third-order valence-corrected chi connectivity index (χ3v) is 8.20. The molecule has 0 saturated carbocycles. The summed E-state index contributed by atoms with van der Waals surface area (Å²) in [6.07, 6.45) is 3.77. The molecular weight excluding hydrogens is 544 g/mol. The maximum Gasteiger partial charge on any atom is 0.240 e. The van der Waals surface area contributed by atoms with Gasteiger partial charge in [-0.3, -0.25) is 14.4 Å². The largest absolute Gasteiger partial charge is 0.496 e. The molecule has 4 atom stereocenters. The first-order valence-electron chi connectivity index (χ1n) is 11.5. The normalized spacial score (nSPS) is 24.0. The van der Waals surface area contributed by atoms with E-state index in [4.69, 9.17) is 16.3 Å². The Balaban J connectivity index is 1.50. The number of para-hydroxylation sites is 1. The van der Waals surface area contributed by atoms with Crippen molar-refractivity contribution in [1.82, 2.24) is 4.90 Å². The number of fused-ring (bicyclic) bond motifs is 5. The molecule has 6 nitrogen and oxygen atoms in total. The Hall–Kier alpha value is -3.42. The average Bonchev–Trinajstić information content (AvgIpc) is 3.36. The number of ketones is 1. The fourth-order valence-corrected chi connectivity index (χ4v) is 6.48. The summed E-state index contributed by atoms with van der Waals surface area (Å²) in [5.74, 6) is -1.98. The zero-order valence-corrected chi connectivity index (χ0v) is 21.4. The predicted octanol–water partition coefficient (Wildman–Crippen LogP) is 5.51. The summed E-state index contributed by atoms with van der Waals surface area (Å²) < 4.78 is 5.94. The van der Waals surface area contributed by atoms with Gasteiger partial charge in [-0.25, -0.2) is 4.90 Å². The van der Waals surface area contributed by atoms with Crippen LogP contribution < -0.4 is 9.64 Å². The van der Waals surface area contributed by atoms with Crippen molar-refractivity contribution < 1.29 is 19.1 Å². The fourth-order valence-electron chi connectivity index (χ4n) is 5.72. The van der Waals surface area contributed by atoms with Crippen LogP contribution in [0.25, 0.3) is 6.08 Å². The van der Waals surface area contributed by atoms with Crippen LogP contribution in [0.4, 0.5) is 5.69 Å². The molecule has 0 N–H and O–H groups in total. The number of hydrogen-bond acceptors (Lipinski definition) is 5. The fraction of sp³-hybridized carbons (Fsp3) is 0.179. The minimum absolute atomic E-state index is 0.234. The molecule has 0 bridgehead atoms. The van der Waals surface area contributed by atoms with Crippen molar-refractivity contribution in [2.45, 2.75) is 12.1 Å². The van der Waals surface area contributed by atoms with E-state index in [0.717, 1.165) is 11.1 Å². The highest BCUT2D eigenvalue weighted by molar-refractivity contribution is 9.10. The lowest BCUT2D eigenvalue weighted by Crippen LogP contribution is -2.44. The Kier molecular flexibility index (Phi) is 5.50. The molecule has 2 amide bonds. The van der Waals surface area contributed by atoms with E-state index in [-0.39, 0.29) is 11.7 Å². The molecule has 3 aliphatic heterocycles. The van der Waals surface area contributed by atoms with Gasteiger partial charge in [0.05, 0.1) is 40.2 Å². The molecule has 4 unspecified atom stereocenters. The molecule has 0 aliphatic carbocycles. The number of benzene rings is 3. The smallest absolute Gasteiger partial charge is 0.240 e. The zero-order valence-electron chi connectivity index (χ0n) is 19.1. The van der Waals surface area contributed by atoms with E-state index in [0.29, 0.717) is 26.5 Å². The highest BCUT2D eigenvalue weighted by Crippen LogP contribution is 2.54. The summed E-state index contributed by atoms with van der Waals surface area (Å²) in [4.78, 5) is 44.9. The van der Waals surface area contributed by atoms with E-state index in [1.807, 2.05) is 41.4 Å². The number of carbonyl (C=O) groups excluding carboxylic acids is 3. The van der Waals surface area contributed by atoms with Gasteiger partial charge in [0, 0.05) is 11.8 Å². The molecule has 6 rings (SSSR count). The first-order chi connectivity index (χ1) is 17.4. The van der Waals surface area contributed by atoms with Gasteiger partial charge < -0.3 is 9.64 Å². The molecule has 0 aromatic heterocycles. The van der Waals surface area contributed by atoms with Crippen molar-refractivity contribution in [3.63, 3.8) is 0 Å². The maximum atomic E-state index is 14.0. The third kappa shape index (κ3) is 3.26. The molecule has 0 spiro atoms. The number of methoxy groups -OCH3 is 1. The van der Waals surface area contributed by atoms with Gasteiger partial charge in [-0.15, -0.1) is 0 Å². The van der Waals surface area contributed by atoms with E-state index in [2.05, 4.69) is 15.9 Å². The Morgan fingerprint density at radius 2 is 1.69 bits per heavy atom. The second kappa shape index (κ2) is 8.61. The number of halogens is 2. The Morgan fingerprint density at radius 1 is 0.972 bits per heavy atom. The second-order valence-corrected chi connectivity index (χ2v) is 10.3. The quantitative estimate of drug-likeness (QED) is 0.309. The number of Topliss-reactive ketones (excluding diaryl/α,β-unsaturated/α-hetero) is 1. The van der Waals surface area contributed by atoms with Crippen LogP contribution in [0.2, 0.25) is 5.02 Å². The van der Waals surface area contributed by atoms with E-state index in [1.54, 1.807) is 49.6 Å². The molecule has 3 aliphatic rings. The number of anilines is 1. The lowest BCUT2D eigenvalue weighted by atomic mass is 9.83. The monoisotopic (exact) mass is 562 g/mol. The van der Waals surface area contributed by atoms with Crippen LogP contribution in [0, 0.1) is 11.8 Å². The number of amides is 2. The van der Waals surface area contributed by atoms with Gasteiger partial charge in [0.1, 0.15) is 11.8 Å². The summed E-state index contributed by atoms with van der Waals surface area (Å²) in [6.45, 7) is 0. The number of ether oxygens (including phenoxy) is 1. The number of hydrogen-bond donors (Lipinski definition) is 0. The highest BCUT2D eigenvalue weighted by Gasteiger charge is 2.64. The van der Waals surface area contributed by atoms with Crippen molar-refractivity contribution in [1.29, 1.82) is 0 Å². The zero-order chi connectivity index (χ0) is 25.1. The first-order valence-corrected chi connectivity index (χ1v) is 12.6. The van der Waals surface area contributed by atoms with Crippen molar-refractivity contribution in [2.75, 3.05) is 12.0 Å². The molecular formula is C28H20BrClN2O4. The Bertz CT molecular complexity index is 1470. The number of imide groups is 1. The van der Waals surface area contributed by atoms with Crippen molar-refractivity contribution >= 4 is 56.9 Å². The van der Waals surface area contributed by atoms with E-state index in [9.17, 15) is 14.4 Å². The summed E-state index contributed by atoms with van der Waals surface area (Å²) in [5.41, 5.74) is 2.65. The van der Waals surface area contributed by atoms with Crippen LogP contribution in [0.5, 0.6) is 5.75 Å². The van der Waals surface area contributed by atoms with Crippen LogP contribution in [0.3, 0.4) is 0 Å². The van der Waals surface area contributed by atoms with Crippen LogP contribution in [0.15, 0.2) is 77.4 Å². The summed E-state index contributed by atoms with van der Waals surface area (Å²) >= 11 is 9.85. The van der Waals surface area contributed by atoms with Crippen molar-refractivity contribution in [3.8, 4) is 5.75 Å². The predicted molar refractivity (Wildman–Crippen MR) is 140 cm³/mol. The van der Waals surface area contributed by atoms with Crippen molar-refractivity contribution in [2.24, 2.45) is 11.8 Å². The van der Waals surface area contributed by atoms with Crippen LogP contribution in [-0.2, 0) is 9.59 Å². The van der Waals surface area contributed by atoms with Crippen molar-refractivity contribution in [3.05, 3.63) is 99.1 Å². The molecule has 8 heteroatoms. The minimum Gasteiger partial charge on any atom is -0.496 e. The second-order valence-electron chi connectivity index (χ2n) is 9.01. The maximum absolute atomic E-state index is 14.0. The van der Waals surface area contributed by atoms with Crippen LogP contribution in [-0.4, -0.2) is 35.6 Å². The van der Waals surface area contributed by atoms with Gasteiger partial charge in [0.2, 0.25) is 11.8 Å². The Morgan fingerprint density at radius 3 is 2.44 bits per heavy atom. The standard InChI is InChI=1S/C28H20BrClN2O4/c1-36-21-11-10-16(14-18(21)29)26(33)25-23-22(24-17-7-3-2-6-15(17)12-13-31(24)25)27(34)32(28(23)35)20-9-5-4-8-19(20)30/h2-14,22-25H,1H3. The van der Waals surface area contributed by atoms with Gasteiger partial charge in [-0.1, -0.05) is 48.0 Å². The van der Waals surface area contributed by atoms with Gasteiger partial charge in [0.15, 0.2) is 5.78 Å². The molecule has 2 saturated heterocycles.